The molecule has 1 aliphatic rings. The number of rotatable bonds is 5. The van der Waals surface area contributed by atoms with Gasteiger partial charge < -0.3 is 14.2 Å². The first-order chi connectivity index (χ1) is 7.33. The van der Waals surface area contributed by atoms with Gasteiger partial charge in [0.2, 0.25) is 0 Å². The monoisotopic (exact) mass is 213 g/mol. The molecule has 3 nitrogen and oxygen atoms in total. The lowest BCUT2D eigenvalue weighted by molar-refractivity contribution is 0.124. The summed E-state index contributed by atoms with van der Waals surface area (Å²) in [6.45, 7) is 5.88. The molecule has 0 aromatic heterocycles. The van der Waals surface area contributed by atoms with Crippen LogP contribution in [0.15, 0.2) is 0 Å². The van der Waals surface area contributed by atoms with Crippen molar-refractivity contribution in [3.05, 3.63) is 0 Å². The van der Waals surface area contributed by atoms with Crippen LogP contribution in [0.1, 0.15) is 32.6 Å². The predicted octanol–water partition coefficient (Wildman–Crippen LogP) is 2.03. The summed E-state index contributed by atoms with van der Waals surface area (Å²) in [5, 5.41) is 0. The molecule has 0 amide bonds. The second-order valence-electron chi connectivity index (χ2n) is 4.32. The third kappa shape index (κ3) is 6.18. The van der Waals surface area contributed by atoms with Crippen LogP contribution in [0.5, 0.6) is 0 Å². The Morgan fingerprint density at radius 2 is 1.73 bits per heavy atom. The molecule has 1 fully saturated rings. The predicted molar refractivity (Wildman–Crippen MR) is 64.1 cm³/mol. The second kappa shape index (κ2) is 8.14. The highest BCUT2D eigenvalue weighted by molar-refractivity contribution is 6.44. The summed E-state index contributed by atoms with van der Waals surface area (Å²) in [5.41, 5.74) is 0. The molecular weight excluding hydrogens is 189 g/mol. The van der Waals surface area contributed by atoms with Gasteiger partial charge in [-0.1, -0.05) is 32.6 Å². The largest absolute Gasteiger partial charge is 0.456 e. The van der Waals surface area contributed by atoms with Crippen molar-refractivity contribution in [3.8, 4) is 0 Å². The summed E-state index contributed by atoms with van der Waals surface area (Å²) in [4.78, 5) is 2.24. The summed E-state index contributed by atoms with van der Waals surface area (Å²) in [7, 11) is 2.16. The van der Waals surface area contributed by atoms with Gasteiger partial charge in [-0.15, -0.1) is 0 Å². The summed E-state index contributed by atoms with van der Waals surface area (Å²) < 4.78 is 11.3. The molecule has 15 heavy (non-hydrogen) atoms. The van der Waals surface area contributed by atoms with Crippen LogP contribution in [-0.2, 0) is 9.31 Å². The van der Waals surface area contributed by atoms with E-state index in [2.05, 4.69) is 18.9 Å². The summed E-state index contributed by atoms with van der Waals surface area (Å²) in [6, 6.07) is 0. The van der Waals surface area contributed by atoms with Crippen LogP contribution in [-0.4, -0.2) is 45.4 Å². The molecule has 1 heterocycles. The molecule has 0 bridgehead atoms. The molecule has 88 valence electrons. The Hall–Kier alpha value is -0.0551. The van der Waals surface area contributed by atoms with Gasteiger partial charge in [0.1, 0.15) is 0 Å². The SMILES string of the molecule is CCCCCCB1OCCN(C)CCO1. The lowest BCUT2D eigenvalue weighted by atomic mass is 9.81. The second-order valence-corrected chi connectivity index (χ2v) is 4.32. The Bertz CT molecular complexity index is 148. The molecule has 0 aromatic rings. The van der Waals surface area contributed by atoms with Crippen LogP contribution >= 0.6 is 0 Å². The van der Waals surface area contributed by atoms with Crippen molar-refractivity contribution in [1.82, 2.24) is 4.90 Å². The third-order valence-corrected chi connectivity index (χ3v) is 2.85. The van der Waals surface area contributed by atoms with E-state index in [4.69, 9.17) is 9.31 Å². The van der Waals surface area contributed by atoms with Gasteiger partial charge in [-0.25, -0.2) is 0 Å². The third-order valence-electron chi connectivity index (χ3n) is 2.85. The van der Waals surface area contributed by atoms with E-state index in [-0.39, 0.29) is 7.12 Å². The van der Waals surface area contributed by atoms with Crippen molar-refractivity contribution in [2.45, 2.75) is 38.9 Å². The van der Waals surface area contributed by atoms with Crippen LogP contribution < -0.4 is 0 Å². The van der Waals surface area contributed by atoms with Crippen LogP contribution in [0.4, 0.5) is 0 Å². The summed E-state index contributed by atoms with van der Waals surface area (Å²) in [5.74, 6) is 0. The Morgan fingerprint density at radius 1 is 1.07 bits per heavy atom. The van der Waals surface area contributed by atoms with Crippen LogP contribution in [0.25, 0.3) is 0 Å². The smallest absolute Gasteiger partial charge is 0.410 e. The lowest BCUT2D eigenvalue weighted by Crippen LogP contribution is -2.36. The first-order valence-corrected chi connectivity index (χ1v) is 6.24. The topological polar surface area (TPSA) is 21.7 Å². The van der Waals surface area contributed by atoms with E-state index in [0.29, 0.717) is 0 Å². The van der Waals surface area contributed by atoms with E-state index in [1.54, 1.807) is 0 Å². The lowest BCUT2D eigenvalue weighted by Gasteiger charge is -2.23. The number of unbranched alkanes of at least 4 members (excludes halogenated alkanes) is 3. The fourth-order valence-electron chi connectivity index (χ4n) is 1.74. The highest BCUT2D eigenvalue weighted by Crippen LogP contribution is 2.09. The highest BCUT2D eigenvalue weighted by atomic mass is 16.6. The van der Waals surface area contributed by atoms with Crippen molar-refractivity contribution in [2.24, 2.45) is 0 Å². The van der Waals surface area contributed by atoms with Gasteiger partial charge in [-0.05, 0) is 13.4 Å². The van der Waals surface area contributed by atoms with E-state index in [9.17, 15) is 0 Å². The Balaban J connectivity index is 2.07. The molecule has 0 atom stereocenters. The van der Waals surface area contributed by atoms with Crippen molar-refractivity contribution in [3.63, 3.8) is 0 Å². The molecule has 0 aromatic carbocycles. The molecular formula is C11H24BNO2. The van der Waals surface area contributed by atoms with E-state index in [0.717, 1.165) is 32.6 Å². The number of likely N-dealkylation sites (N-methyl/N-ethyl adjacent to an activating group) is 1. The molecule has 1 aliphatic heterocycles. The van der Waals surface area contributed by atoms with Gasteiger partial charge >= 0.3 is 7.12 Å². The molecule has 0 N–H and O–H groups in total. The maximum atomic E-state index is 5.67. The molecule has 4 heteroatoms. The minimum atomic E-state index is 0.0514. The zero-order valence-electron chi connectivity index (χ0n) is 10.2. The van der Waals surface area contributed by atoms with Crippen LogP contribution in [0.2, 0.25) is 6.32 Å². The molecule has 0 unspecified atom stereocenters. The van der Waals surface area contributed by atoms with Crippen molar-refractivity contribution in [2.75, 3.05) is 33.4 Å². The van der Waals surface area contributed by atoms with Gasteiger partial charge in [0, 0.05) is 26.3 Å². The average molecular weight is 213 g/mol. The quantitative estimate of drug-likeness (QED) is 0.515. The number of nitrogens with zero attached hydrogens (tertiary/aromatic N) is 1. The first kappa shape index (κ1) is 13.0. The number of hydrogen-bond donors (Lipinski definition) is 0. The minimum Gasteiger partial charge on any atom is -0.410 e. The van der Waals surface area contributed by atoms with E-state index in [1.807, 2.05) is 0 Å². The van der Waals surface area contributed by atoms with Gasteiger partial charge in [-0.3, -0.25) is 0 Å². The highest BCUT2D eigenvalue weighted by Gasteiger charge is 2.19. The van der Waals surface area contributed by atoms with Crippen molar-refractivity contribution < 1.29 is 9.31 Å². The van der Waals surface area contributed by atoms with Crippen molar-refractivity contribution in [1.29, 1.82) is 0 Å². The standard InChI is InChI=1S/C11H24BNO2/c1-3-4-5-6-7-12-14-10-8-13(2)9-11-15-12/h3-11H2,1-2H3. The molecule has 0 aliphatic carbocycles. The number of hydrogen-bond acceptors (Lipinski definition) is 3. The van der Waals surface area contributed by atoms with Crippen molar-refractivity contribution >= 4 is 7.12 Å². The Kier molecular flexibility index (Phi) is 7.06. The molecule has 0 spiro atoms. The van der Waals surface area contributed by atoms with Crippen LogP contribution in [0.3, 0.4) is 0 Å². The summed E-state index contributed by atoms with van der Waals surface area (Å²) >= 11 is 0. The van der Waals surface area contributed by atoms with Crippen LogP contribution in [0, 0.1) is 0 Å². The zero-order valence-corrected chi connectivity index (χ0v) is 10.2. The minimum absolute atomic E-state index is 0.0514. The van der Waals surface area contributed by atoms with Gasteiger partial charge in [0.05, 0.1) is 0 Å². The maximum absolute atomic E-state index is 5.67. The van der Waals surface area contributed by atoms with Gasteiger partial charge in [-0.2, -0.15) is 0 Å². The van der Waals surface area contributed by atoms with E-state index in [1.165, 1.54) is 25.7 Å². The fraction of sp³-hybridized carbons (Fsp3) is 1.00. The van der Waals surface area contributed by atoms with Gasteiger partial charge in [0.25, 0.3) is 0 Å². The molecule has 0 radical (unpaired) electrons. The van der Waals surface area contributed by atoms with E-state index >= 15 is 0 Å². The average Bonchev–Trinajstić information content (AvgIpc) is 2.20. The Labute approximate surface area is 94.3 Å². The molecule has 1 saturated heterocycles. The zero-order chi connectivity index (χ0) is 10.9. The van der Waals surface area contributed by atoms with E-state index < -0.39 is 0 Å². The van der Waals surface area contributed by atoms with Gasteiger partial charge in [0.15, 0.2) is 0 Å². The normalized spacial score (nSPS) is 20.0. The fourth-order valence-corrected chi connectivity index (χ4v) is 1.74. The Morgan fingerprint density at radius 3 is 2.33 bits per heavy atom. The maximum Gasteiger partial charge on any atom is 0.456 e. The molecule has 1 rings (SSSR count). The first-order valence-electron chi connectivity index (χ1n) is 6.24. The molecule has 0 saturated carbocycles. The summed E-state index contributed by atoms with van der Waals surface area (Å²) in [6.07, 6.45) is 6.21.